The zero-order valence-electron chi connectivity index (χ0n) is 58.0. The van der Waals surface area contributed by atoms with Gasteiger partial charge in [0.1, 0.15) is 17.2 Å². The molecule has 9 rings (SSSR count). The summed E-state index contributed by atoms with van der Waals surface area (Å²) in [6.45, 7) is 40.7. The number of methoxy groups -OCH3 is 3. The third-order valence-corrected chi connectivity index (χ3v) is 17.6. The molecule has 0 aliphatic heterocycles. The van der Waals surface area contributed by atoms with E-state index >= 15 is 0 Å². The van der Waals surface area contributed by atoms with E-state index in [4.69, 9.17) is 19.9 Å². The summed E-state index contributed by atoms with van der Waals surface area (Å²) in [7, 11) is 5.38. The number of allylic oxidation sites excluding steroid dienone is 3. The molecule has 466 valence electrons. The lowest BCUT2D eigenvalue weighted by atomic mass is 9.77. The van der Waals surface area contributed by atoms with Crippen molar-refractivity contribution in [2.45, 2.75) is 164 Å². The first-order valence-corrected chi connectivity index (χ1v) is 32.1. The molecule has 9 aromatic carbocycles. The van der Waals surface area contributed by atoms with Gasteiger partial charge in [0, 0.05) is 39.1 Å². The lowest BCUT2D eigenvalue weighted by molar-refractivity contribution is 0.381. The van der Waals surface area contributed by atoms with Crippen LogP contribution in [0.15, 0.2) is 194 Å². The molecule has 0 atom stereocenters. The number of nitrogens with two attached hydrogens (primary N) is 1. The molecule has 2 N–H and O–H groups in total. The minimum atomic E-state index is -0.0869. The highest BCUT2D eigenvalue weighted by molar-refractivity contribution is 5.85. The molecule has 0 saturated heterocycles. The molecule has 0 radical (unpaired) electrons. The predicted octanol–water partition coefficient (Wildman–Crippen LogP) is 23.1. The molecule has 0 aromatic heterocycles. The van der Waals surface area contributed by atoms with Gasteiger partial charge in [-0.05, 0) is 170 Å². The van der Waals surface area contributed by atoms with Crippen molar-refractivity contribution in [2.24, 2.45) is 5.73 Å². The highest BCUT2D eigenvalue weighted by Crippen LogP contribution is 2.47. The Bertz CT molecular complexity index is 3950. The monoisotopic (exact) mass is 1190 g/mol. The summed E-state index contributed by atoms with van der Waals surface area (Å²) in [5.74, 6) is 2.96. The minimum Gasteiger partial charge on any atom is -0.496 e. The Balaban J connectivity index is 1.00. The zero-order chi connectivity index (χ0) is 65.5. The van der Waals surface area contributed by atoms with Crippen molar-refractivity contribution >= 4 is 11.3 Å². The topological polar surface area (TPSA) is 53.7 Å². The standard InChI is InChI=1S/C86H99NO3/c1-81(2,3)71-48-68(49-72(78(71)88-19)82(4,5)6)63-38-30-57(31-39-63)56-25-22-55(23-26-56)24-27-67(62-36-28-58(29-37-62)59-32-40-64(41-33-59)69-50-73(83(7,8)9)79(89-20)74(51-69)84(10,11)12)54-77(87)66-46-44-61(45-47-66)60-34-42-65(43-35-60)70-52-75(85(13,14)15)80(90-21)76(53-70)86(16,17)18/h22-23,25-54H,24,87H2,1-21H3/b67-27+,77-54-. The van der Waals surface area contributed by atoms with Crippen LogP contribution in [0.3, 0.4) is 0 Å². The molecule has 0 spiro atoms. The average molecular weight is 1190 g/mol. The Morgan fingerprint density at radius 2 is 0.489 bits per heavy atom. The predicted molar refractivity (Wildman–Crippen MR) is 388 cm³/mol. The van der Waals surface area contributed by atoms with Gasteiger partial charge in [-0.15, -0.1) is 0 Å². The lowest BCUT2D eigenvalue weighted by Gasteiger charge is -2.30. The van der Waals surface area contributed by atoms with Gasteiger partial charge >= 0.3 is 0 Å². The second-order valence-corrected chi connectivity index (χ2v) is 30.9. The van der Waals surface area contributed by atoms with Gasteiger partial charge in [0.05, 0.1) is 21.3 Å². The molecule has 4 nitrogen and oxygen atoms in total. The van der Waals surface area contributed by atoms with Crippen LogP contribution in [0.2, 0.25) is 0 Å². The van der Waals surface area contributed by atoms with E-state index in [1.165, 1.54) is 83.5 Å². The first-order chi connectivity index (χ1) is 42.2. The maximum atomic E-state index is 7.14. The van der Waals surface area contributed by atoms with Crippen LogP contribution >= 0.6 is 0 Å². The summed E-state index contributed by atoms with van der Waals surface area (Å²) in [6, 6.07) is 67.3. The van der Waals surface area contributed by atoms with Crippen LogP contribution in [0.1, 0.15) is 175 Å². The number of hydrogen-bond acceptors (Lipinski definition) is 4. The normalized spacial score (nSPS) is 12.9. The van der Waals surface area contributed by atoms with Crippen LogP contribution in [0, 0.1) is 0 Å². The van der Waals surface area contributed by atoms with Crippen molar-refractivity contribution in [3.8, 4) is 84.0 Å². The summed E-state index contributed by atoms with van der Waals surface area (Å²) in [5.41, 5.74) is 33.1. The van der Waals surface area contributed by atoms with Crippen molar-refractivity contribution in [3.63, 3.8) is 0 Å². The van der Waals surface area contributed by atoms with Crippen molar-refractivity contribution in [3.05, 3.63) is 244 Å². The van der Waals surface area contributed by atoms with Crippen molar-refractivity contribution in [1.82, 2.24) is 0 Å². The van der Waals surface area contributed by atoms with E-state index in [0.29, 0.717) is 5.70 Å². The van der Waals surface area contributed by atoms with Crippen molar-refractivity contribution in [1.29, 1.82) is 0 Å². The number of hydrogen-bond donors (Lipinski definition) is 1. The zero-order valence-corrected chi connectivity index (χ0v) is 58.0. The molecule has 0 saturated carbocycles. The third kappa shape index (κ3) is 14.8. The fourth-order valence-corrected chi connectivity index (χ4v) is 12.2. The number of benzene rings is 9. The van der Waals surface area contributed by atoms with E-state index in [0.717, 1.165) is 62.6 Å². The highest BCUT2D eigenvalue weighted by Gasteiger charge is 2.31. The number of rotatable bonds is 14. The first-order valence-electron chi connectivity index (χ1n) is 32.1. The first kappa shape index (κ1) is 66.1. The Morgan fingerprint density at radius 3 is 0.711 bits per heavy atom. The fraction of sp³-hybridized carbons (Fsp3) is 0.326. The van der Waals surface area contributed by atoms with E-state index < -0.39 is 0 Å². The van der Waals surface area contributed by atoms with E-state index in [9.17, 15) is 0 Å². The van der Waals surface area contributed by atoms with Gasteiger partial charge < -0.3 is 19.9 Å². The van der Waals surface area contributed by atoms with Gasteiger partial charge in [0.2, 0.25) is 0 Å². The van der Waals surface area contributed by atoms with E-state index in [1.807, 2.05) is 0 Å². The van der Waals surface area contributed by atoms with Crippen LogP contribution in [0.25, 0.3) is 78.0 Å². The second-order valence-electron chi connectivity index (χ2n) is 30.9. The van der Waals surface area contributed by atoms with Crippen LogP contribution < -0.4 is 19.9 Å². The molecule has 90 heavy (non-hydrogen) atoms. The summed E-state index contributed by atoms with van der Waals surface area (Å²) in [6.07, 6.45) is 5.18. The summed E-state index contributed by atoms with van der Waals surface area (Å²) < 4.78 is 18.3. The smallest absolute Gasteiger partial charge is 0.126 e. The molecule has 0 bridgehead atoms. The second kappa shape index (κ2) is 25.5. The van der Waals surface area contributed by atoms with Gasteiger partial charge in [0.15, 0.2) is 0 Å². The highest BCUT2D eigenvalue weighted by atomic mass is 16.5. The van der Waals surface area contributed by atoms with Gasteiger partial charge in [0.25, 0.3) is 0 Å². The fourth-order valence-electron chi connectivity index (χ4n) is 12.2. The Labute approximate surface area is 541 Å². The average Bonchev–Trinajstić information content (AvgIpc) is 0.871. The summed E-state index contributed by atoms with van der Waals surface area (Å²) in [4.78, 5) is 0. The van der Waals surface area contributed by atoms with E-state index in [2.05, 4.69) is 319 Å². The number of ether oxygens (including phenoxy) is 3. The largest absolute Gasteiger partial charge is 0.496 e. The molecular formula is C86H99NO3. The van der Waals surface area contributed by atoms with Gasteiger partial charge in [-0.1, -0.05) is 276 Å². The molecule has 0 aliphatic carbocycles. The quantitative estimate of drug-likeness (QED) is 0.110. The van der Waals surface area contributed by atoms with Crippen molar-refractivity contribution in [2.75, 3.05) is 21.3 Å². The van der Waals surface area contributed by atoms with Crippen LogP contribution in [0.5, 0.6) is 17.2 Å². The van der Waals surface area contributed by atoms with Crippen LogP contribution in [0.4, 0.5) is 0 Å². The Hall–Kier alpha value is -8.34. The molecule has 0 aliphatic rings. The maximum absolute atomic E-state index is 7.14. The molecule has 4 heteroatoms. The van der Waals surface area contributed by atoms with Crippen LogP contribution in [-0.4, -0.2) is 21.3 Å². The molecule has 0 amide bonds. The SMILES string of the molecule is COc1c(C(C)(C)C)cc(-c2ccc(-c3ccc(C/C=C(\C=C(/N)c4ccc(-c5ccc(-c6cc(C(C)(C)C)c(OC)c(C(C)(C)C)c6)cc5)cc4)c4ccc(-c5ccc(-c6cc(C(C)(C)C)c(OC)c(C(C)(C)C)c6)cc5)cc4)cc3)cc2)cc1C(C)(C)C. The lowest BCUT2D eigenvalue weighted by Crippen LogP contribution is -2.19. The Kier molecular flexibility index (Phi) is 18.7. The van der Waals surface area contributed by atoms with Crippen LogP contribution in [-0.2, 0) is 38.9 Å². The third-order valence-electron chi connectivity index (χ3n) is 17.6. The molecule has 0 fully saturated rings. The molecule has 9 aromatic rings. The van der Waals surface area contributed by atoms with Gasteiger partial charge in [-0.2, -0.15) is 0 Å². The van der Waals surface area contributed by atoms with Crippen molar-refractivity contribution < 1.29 is 14.2 Å². The molecule has 0 heterocycles. The van der Waals surface area contributed by atoms with E-state index in [1.54, 1.807) is 21.3 Å². The Morgan fingerprint density at radius 1 is 0.289 bits per heavy atom. The summed E-state index contributed by atoms with van der Waals surface area (Å²) in [5, 5.41) is 0. The maximum Gasteiger partial charge on any atom is 0.126 e. The molecule has 0 unspecified atom stereocenters. The summed E-state index contributed by atoms with van der Waals surface area (Å²) >= 11 is 0. The van der Waals surface area contributed by atoms with Gasteiger partial charge in [-0.3, -0.25) is 0 Å². The molecular weight excluding hydrogens is 1090 g/mol. The van der Waals surface area contributed by atoms with Gasteiger partial charge in [-0.25, -0.2) is 0 Å². The van der Waals surface area contributed by atoms with E-state index in [-0.39, 0.29) is 32.5 Å². The minimum absolute atomic E-state index is 0.0774.